The SMILES string of the molecule is [C-]#[N+]/C(=C\C)C(=O)N1CCCC1CNc1ncnc2[nH]cc(C(=O)c3ccc(Oc4ccccc4)cc3Cl)c12. The molecule has 0 saturated carbocycles. The van der Waals surface area contributed by atoms with Gasteiger partial charge < -0.3 is 19.9 Å². The van der Waals surface area contributed by atoms with Crippen molar-refractivity contribution in [1.82, 2.24) is 19.9 Å². The summed E-state index contributed by atoms with van der Waals surface area (Å²) >= 11 is 6.52. The summed E-state index contributed by atoms with van der Waals surface area (Å²) in [5.41, 5.74) is 1.30. The minimum absolute atomic E-state index is 0.107. The maximum atomic E-state index is 13.6. The monoisotopic (exact) mass is 540 g/mol. The molecule has 0 spiro atoms. The Morgan fingerprint density at radius 3 is 2.77 bits per heavy atom. The molecule has 5 rings (SSSR count). The first-order valence-corrected chi connectivity index (χ1v) is 12.9. The Morgan fingerprint density at radius 1 is 1.21 bits per heavy atom. The number of anilines is 1. The van der Waals surface area contributed by atoms with E-state index >= 15 is 0 Å². The van der Waals surface area contributed by atoms with Crippen molar-refractivity contribution in [1.29, 1.82) is 0 Å². The fourth-order valence-electron chi connectivity index (χ4n) is 4.70. The number of carbonyl (C=O) groups excluding carboxylic acids is 2. The number of aromatic nitrogens is 3. The largest absolute Gasteiger partial charge is 0.457 e. The highest BCUT2D eigenvalue weighted by molar-refractivity contribution is 6.35. The summed E-state index contributed by atoms with van der Waals surface area (Å²) in [6, 6.07) is 14.1. The van der Waals surface area contributed by atoms with E-state index in [-0.39, 0.29) is 28.5 Å². The van der Waals surface area contributed by atoms with Crippen LogP contribution in [0.25, 0.3) is 15.9 Å². The molecule has 2 aromatic carbocycles. The van der Waals surface area contributed by atoms with E-state index in [4.69, 9.17) is 22.9 Å². The molecule has 2 N–H and O–H groups in total. The molecule has 3 heterocycles. The molecule has 9 nitrogen and oxygen atoms in total. The fourth-order valence-corrected chi connectivity index (χ4v) is 4.96. The van der Waals surface area contributed by atoms with Gasteiger partial charge in [-0.25, -0.2) is 14.8 Å². The van der Waals surface area contributed by atoms with E-state index in [1.54, 1.807) is 36.2 Å². The quantitative estimate of drug-likeness (QED) is 0.165. The van der Waals surface area contributed by atoms with Crippen LogP contribution in [0.15, 0.2) is 72.8 Å². The van der Waals surface area contributed by atoms with Crippen molar-refractivity contribution >= 4 is 40.1 Å². The molecule has 1 aliphatic heterocycles. The molecule has 0 aliphatic carbocycles. The van der Waals surface area contributed by atoms with Gasteiger partial charge in [-0.1, -0.05) is 42.8 Å². The van der Waals surface area contributed by atoms with E-state index in [0.717, 1.165) is 12.8 Å². The molecular weight excluding hydrogens is 516 g/mol. The molecule has 1 unspecified atom stereocenters. The van der Waals surface area contributed by atoms with Crippen LogP contribution >= 0.6 is 11.6 Å². The van der Waals surface area contributed by atoms with Gasteiger partial charge in [0.25, 0.3) is 5.91 Å². The molecular formula is C29H25ClN6O3. The number of allylic oxidation sites excluding steroid dienone is 1. The number of rotatable bonds is 8. The number of ether oxygens (including phenoxy) is 1. The van der Waals surface area contributed by atoms with Crippen LogP contribution in [-0.4, -0.2) is 50.7 Å². The van der Waals surface area contributed by atoms with E-state index < -0.39 is 0 Å². The number of likely N-dealkylation sites (tertiary alicyclic amines) is 1. The van der Waals surface area contributed by atoms with Crippen molar-refractivity contribution in [3.8, 4) is 11.5 Å². The molecule has 39 heavy (non-hydrogen) atoms. The van der Waals surface area contributed by atoms with Gasteiger partial charge in [-0.2, -0.15) is 0 Å². The number of hydrogen-bond acceptors (Lipinski definition) is 6. The Balaban J connectivity index is 1.37. The topological polar surface area (TPSA) is 105 Å². The van der Waals surface area contributed by atoms with Crippen LogP contribution in [-0.2, 0) is 4.79 Å². The second-order valence-electron chi connectivity index (χ2n) is 9.00. The van der Waals surface area contributed by atoms with Crippen molar-refractivity contribution in [3.63, 3.8) is 0 Å². The molecule has 1 amide bonds. The van der Waals surface area contributed by atoms with Crippen LogP contribution in [0, 0.1) is 6.57 Å². The zero-order chi connectivity index (χ0) is 27.4. The van der Waals surface area contributed by atoms with E-state index in [9.17, 15) is 9.59 Å². The standard InChI is InChI=1S/C29H25ClN6O3/c1-3-24(31-2)29(38)36-13-7-8-18(36)15-32-27-25-22(16-33-28(25)35-17-34-27)26(37)21-12-11-20(14-23(21)30)39-19-9-5-4-6-10-19/h3-6,9-12,14,16-18H,7-8,13,15H2,1H3,(H2,32,33,34,35)/b24-3-. The molecule has 4 aromatic rings. The van der Waals surface area contributed by atoms with E-state index in [2.05, 4.69) is 25.1 Å². The summed E-state index contributed by atoms with van der Waals surface area (Å²) in [6.07, 6.45) is 6.19. The number of para-hydroxylation sites is 1. The second kappa shape index (κ2) is 11.4. The molecule has 10 heteroatoms. The van der Waals surface area contributed by atoms with E-state index in [0.29, 0.717) is 52.6 Å². The van der Waals surface area contributed by atoms with Crippen LogP contribution in [0.3, 0.4) is 0 Å². The average Bonchev–Trinajstić information content (AvgIpc) is 3.60. The molecule has 1 atom stereocenters. The molecule has 1 fully saturated rings. The highest BCUT2D eigenvalue weighted by atomic mass is 35.5. The summed E-state index contributed by atoms with van der Waals surface area (Å²) in [7, 11) is 0. The Labute approximate surface area is 230 Å². The second-order valence-corrected chi connectivity index (χ2v) is 9.40. The van der Waals surface area contributed by atoms with Crippen LogP contribution in [0.5, 0.6) is 11.5 Å². The number of nitrogens with zero attached hydrogens (tertiary/aromatic N) is 4. The Hall–Kier alpha value is -4.68. The molecule has 196 valence electrons. The molecule has 1 saturated heterocycles. The summed E-state index contributed by atoms with van der Waals surface area (Å²) in [6.45, 7) is 9.96. The zero-order valence-electron chi connectivity index (χ0n) is 21.1. The summed E-state index contributed by atoms with van der Waals surface area (Å²) in [5, 5.41) is 4.10. The molecule has 0 bridgehead atoms. The lowest BCUT2D eigenvalue weighted by Gasteiger charge is -2.25. The summed E-state index contributed by atoms with van der Waals surface area (Å²) < 4.78 is 5.83. The predicted octanol–water partition coefficient (Wildman–Crippen LogP) is 5.86. The number of aromatic amines is 1. The minimum atomic E-state index is -0.289. The highest BCUT2D eigenvalue weighted by Gasteiger charge is 2.31. The van der Waals surface area contributed by atoms with E-state index in [1.165, 1.54) is 12.4 Å². The zero-order valence-corrected chi connectivity index (χ0v) is 21.9. The first-order chi connectivity index (χ1) is 19.0. The van der Waals surface area contributed by atoms with Gasteiger partial charge in [0, 0.05) is 37.0 Å². The number of carbonyl (C=O) groups is 2. The fraction of sp³-hybridized carbons (Fsp3) is 0.207. The van der Waals surface area contributed by atoms with Crippen LogP contribution in [0.1, 0.15) is 35.7 Å². The van der Waals surface area contributed by atoms with Gasteiger partial charge in [0.05, 0.1) is 22.5 Å². The van der Waals surface area contributed by atoms with Gasteiger partial charge in [0.15, 0.2) is 5.78 Å². The number of amides is 1. The Bertz CT molecular complexity index is 1610. The third-order valence-corrected chi connectivity index (χ3v) is 6.95. The molecule has 1 aliphatic rings. The summed E-state index contributed by atoms with van der Waals surface area (Å²) in [5.74, 6) is 1.10. The van der Waals surface area contributed by atoms with Crippen molar-refractivity contribution < 1.29 is 14.3 Å². The maximum Gasteiger partial charge on any atom is 0.252 e. The molecule has 2 aromatic heterocycles. The van der Waals surface area contributed by atoms with Gasteiger partial charge in [-0.05, 0) is 37.1 Å². The maximum absolute atomic E-state index is 13.6. The van der Waals surface area contributed by atoms with Crippen molar-refractivity contribution in [2.75, 3.05) is 18.4 Å². The van der Waals surface area contributed by atoms with Crippen LogP contribution in [0.4, 0.5) is 5.82 Å². The Morgan fingerprint density at radius 2 is 2.03 bits per heavy atom. The van der Waals surface area contributed by atoms with Crippen LogP contribution in [0.2, 0.25) is 5.02 Å². The smallest absolute Gasteiger partial charge is 0.252 e. The number of benzene rings is 2. The predicted molar refractivity (Wildman–Crippen MR) is 149 cm³/mol. The number of ketones is 1. The number of nitrogens with one attached hydrogen (secondary N) is 2. The van der Waals surface area contributed by atoms with Crippen molar-refractivity contribution in [3.05, 3.63) is 100 Å². The van der Waals surface area contributed by atoms with Gasteiger partial charge in [-0.15, -0.1) is 0 Å². The van der Waals surface area contributed by atoms with Gasteiger partial charge in [0.1, 0.15) is 29.3 Å². The van der Waals surface area contributed by atoms with E-state index in [1.807, 2.05) is 30.3 Å². The normalized spacial score (nSPS) is 15.3. The van der Waals surface area contributed by atoms with Gasteiger partial charge >= 0.3 is 0 Å². The number of fused-ring (bicyclic) bond motifs is 1. The van der Waals surface area contributed by atoms with Gasteiger partial charge in [0.2, 0.25) is 5.70 Å². The number of H-pyrrole nitrogens is 1. The van der Waals surface area contributed by atoms with Crippen molar-refractivity contribution in [2.45, 2.75) is 25.8 Å². The molecule has 0 radical (unpaired) electrons. The summed E-state index contributed by atoms with van der Waals surface area (Å²) in [4.78, 5) is 43.1. The lowest BCUT2D eigenvalue weighted by molar-refractivity contribution is -0.127. The lowest BCUT2D eigenvalue weighted by Crippen LogP contribution is -2.40. The van der Waals surface area contributed by atoms with Crippen molar-refractivity contribution in [2.24, 2.45) is 0 Å². The lowest BCUT2D eigenvalue weighted by atomic mass is 10.0. The number of hydrogen-bond donors (Lipinski definition) is 2. The van der Waals surface area contributed by atoms with Crippen LogP contribution < -0.4 is 10.1 Å². The highest BCUT2D eigenvalue weighted by Crippen LogP contribution is 2.31. The van der Waals surface area contributed by atoms with Gasteiger partial charge in [-0.3, -0.25) is 9.59 Å². The number of halogens is 1. The average molecular weight is 541 g/mol. The Kier molecular flexibility index (Phi) is 7.57. The third kappa shape index (κ3) is 5.33. The first kappa shape index (κ1) is 25.9. The third-order valence-electron chi connectivity index (χ3n) is 6.63. The first-order valence-electron chi connectivity index (χ1n) is 12.5. The minimum Gasteiger partial charge on any atom is -0.457 e.